The summed E-state index contributed by atoms with van der Waals surface area (Å²) in [5.41, 5.74) is 1.68. The van der Waals surface area contributed by atoms with Gasteiger partial charge in [-0.2, -0.15) is 0 Å². The predicted octanol–water partition coefficient (Wildman–Crippen LogP) is 2.83. The summed E-state index contributed by atoms with van der Waals surface area (Å²) < 4.78 is 7.29. The summed E-state index contributed by atoms with van der Waals surface area (Å²) in [5.74, 6) is 0.590. The van der Waals surface area contributed by atoms with Crippen molar-refractivity contribution in [1.82, 2.24) is 14.4 Å². The summed E-state index contributed by atoms with van der Waals surface area (Å²) in [6.45, 7) is 0.737. The summed E-state index contributed by atoms with van der Waals surface area (Å²) >= 11 is 0. The number of aryl methyl sites for hydroxylation is 1. The van der Waals surface area contributed by atoms with Gasteiger partial charge in [0.15, 0.2) is 0 Å². The molecule has 0 atom stereocenters. The van der Waals surface area contributed by atoms with Gasteiger partial charge in [0, 0.05) is 36.6 Å². The molecule has 4 rings (SSSR count). The second-order valence-electron chi connectivity index (χ2n) is 7.76. The van der Waals surface area contributed by atoms with Gasteiger partial charge in [-0.15, -0.1) is 0 Å². The first-order valence-corrected chi connectivity index (χ1v) is 9.91. The number of carbonyl (C=O) groups is 2. The molecule has 2 aromatic rings. The van der Waals surface area contributed by atoms with Gasteiger partial charge in [0.2, 0.25) is 5.91 Å². The number of hydrogen-bond acceptors (Lipinski definition) is 3. The molecule has 0 N–H and O–H groups in total. The molecule has 1 aromatic heterocycles. The lowest BCUT2D eigenvalue weighted by molar-refractivity contribution is -0.133. The van der Waals surface area contributed by atoms with Crippen LogP contribution >= 0.6 is 0 Å². The van der Waals surface area contributed by atoms with Gasteiger partial charge < -0.3 is 19.1 Å². The van der Waals surface area contributed by atoms with Crippen molar-refractivity contribution >= 4 is 11.8 Å². The second kappa shape index (κ2) is 7.70. The molecule has 0 bridgehead atoms. The van der Waals surface area contributed by atoms with Gasteiger partial charge in [0.05, 0.1) is 13.7 Å². The third-order valence-corrected chi connectivity index (χ3v) is 5.56. The van der Waals surface area contributed by atoms with Crippen LogP contribution in [0.5, 0.6) is 5.75 Å². The molecule has 148 valence electrons. The molecule has 2 aliphatic carbocycles. The van der Waals surface area contributed by atoms with Gasteiger partial charge in [0.1, 0.15) is 12.3 Å². The van der Waals surface area contributed by atoms with Gasteiger partial charge in [0.25, 0.3) is 5.91 Å². The normalized spacial score (nSPS) is 15.9. The van der Waals surface area contributed by atoms with E-state index in [1.54, 1.807) is 24.1 Å². The van der Waals surface area contributed by atoms with E-state index >= 15 is 0 Å². The third-order valence-electron chi connectivity index (χ3n) is 5.56. The Morgan fingerprint density at radius 1 is 1.07 bits per heavy atom. The van der Waals surface area contributed by atoms with Crippen molar-refractivity contribution in [3.05, 3.63) is 53.9 Å². The first kappa shape index (κ1) is 18.6. The van der Waals surface area contributed by atoms with Gasteiger partial charge in [-0.3, -0.25) is 9.59 Å². The Morgan fingerprint density at radius 2 is 1.79 bits per heavy atom. The van der Waals surface area contributed by atoms with Gasteiger partial charge in [-0.05, 0) is 56.0 Å². The Kier molecular flexibility index (Phi) is 5.11. The molecule has 28 heavy (non-hydrogen) atoms. The van der Waals surface area contributed by atoms with Crippen molar-refractivity contribution in [3.63, 3.8) is 0 Å². The SMILES string of the molecule is COc1cccc(C(=O)N(CC(=O)N(Cc2cccn2C)C2CC2)C2CC2)c1. The third kappa shape index (κ3) is 4.06. The van der Waals surface area contributed by atoms with Crippen LogP contribution in [0.2, 0.25) is 0 Å². The number of hydrogen-bond donors (Lipinski definition) is 0. The van der Waals surface area contributed by atoms with Crippen LogP contribution in [0.15, 0.2) is 42.6 Å². The maximum absolute atomic E-state index is 13.2. The highest BCUT2D eigenvalue weighted by molar-refractivity contribution is 5.97. The zero-order valence-corrected chi connectivity index (χ0v) is 16.5. The van der Waals surface area contributed by atoms with Gasteiger partial charge >= 0.3 is 0 Å². The van der Waals surface area contributed by atoms with Crippen molar-refractivity contribution in [2.75, 3.05) is 13.7 Å². The lowest BCUT2D eigenvalue weighted by Crippen LogP contribution is -2.44. The lowest BCUT2D eigenvalue weighted by atomic mass is 10.2. The van der Waals surface area contributed by atoms with Crippen LogP contribution < -0.4 is 4.74 Å². The van der Waals surface area contributed by atoms with Crippen LogP contribution in [0.4, 0.5) is 0 Å². The number of aromatic nitrogens is 1. The highest BCUT2D eigenvalue weighted by Crippen LogP contribution is 2.31. The summed E-state index contributed by atoms with van der Waals surface area (Å²) in [4.78, 5) is 30.0. The average molecular weight is 381 g/mol. The van der Waals surface area contributed by atoms with E-state index in [0.29, 0.717) is 23.9 Å². The van der Waals surface area contributed by atoms with Crippen LogP contribution in [-0.4, -0.2) is 51.9 Å². The van der Waals surface area contributed by atoms with E-state index in [-0.39, 0.29) is 24.4 Å². The predicted molar refractivity (Wildman–Crippen MR) is 106 cm³/mol. The quantitative estimate of drug-likeness (QED) is 0.707. The molecule has 2 saturated carbocycles. The Bertz CT molecular complexity index is 867. The van der Waals surface area contributed by atoms with Crippen molar-refractivity contribution < 1.29 is 14.3 Å². The molecule has 0 aliphatic heterocycles. The fraction of sp³-hybridized carbons (Fsp3) is 0.455. The van der Waals surface area contributed by atoms with E-state index in [1.165, 1.54) is 0 Å². The molecule has 6 nitrogen and oxygen atoms in total. The fourth-order valence-electron chi connectivity index (χ4n) is 3.55. The molecule has 2 aliphatic rings. The largest absolute Gasteiger partial charge is 0.497 e. The van der Waals surface area contributed by atoms with Crippen molar-refractivity contribution in [1.29, 1.82) is 0 Å². The Morgan fingerprint density at radius 3 is 2.39 bits per heavy atom. The lowest BCUT2D eigenvalue weighted by Gasteiger charge is -2.28. The van der Waals surface area contributed by atoms with E-state index in [2.05, 4.69) is 0 Å². The number of rotatable bonds is 8. The van der Waals surface area contributed by atoms with Crippen molar-refractivity contribution in [2.45, 2.75) is 44.3 Å². The molecule has 2 amide bonds. The molecule has 0 unspecified atom stereocenters. The standard InChI is InChI=1S/C22H27N3O3/c1-23-12-4-6-19(23)14-24(17-8-9-17)21(26)15-25(18-10-11-18)22(27)16-5-3-7-20(13-16)28-2/h3-7,12-13,17-18H,8-11,14-15H2,1-2H3. The van der Waals surface area contributed by atoms with E-state index < -0.39 is 0 Å². The fourth-order valence-corrected chi connectivity index (χ4v) is 3.55. The Hall–Kier alpha value is -2.76. The first-order chi connectivity index (χ1) is 13.6. The molecular formula is C22H27N3O3. The first-order valence-electron chi connectivity index (χ1n) is 9.91. The molecular weight excluding hydrogens is 354 g/mol. The maximum atomic E-state index is 13.2. The minimum atomic E-state index is -0.0932. The van der Waals surface area contributed by atoms with Gasteiger partial charge in [-0.25, -0.2) is 0 Å². The topological polar surface area (TPSA) is 54.8 Å². The van der Waals surface area contributed by atoms with Crippen molar-refractivity contribution in [3.8, 4) is 5.75 Å². The molecule has 0 saturated heterocycles. The maximum Gasteiger partial charge on any atom is 0.254 e. The molecule has 0 radical (unpaired) electrons. The van der Waals surface area contributed by atoms with Crippen LogP contribution in [0.1, 0.15) is 41.7 Å². The summed E-state index contributed by atoms with van der Waals surface area (Å²) in [7, 11) is 3.58. The Balaban J connectivity index is 1.49. The number of nitrogens with zero attached hydrogens (tertiary/aromatic N) is 3. The Labute approximate surface area is 165 Å². The molecule has 6 heteroatoms. The minimum Gasteiger partial charge on any atom is -0.497 e. The van der Waals surface area contributed by atoms with Crippen LogP contribution in [0.25, 0.3) is 0 Å². The van der Waals surface area contributed by atoms with Crippen molar-refractivity contribution in [2.24, 2.45) is 7.05 Å². The van der Waals surface area contributed by atoms with Crippen LogP contribution in [0, 0.1) is 0 Å². The van der Waals surface area contributed by atoms with E-state index in [9.17, 15) is 9.59 Å². The van der Waals surface area contributed by atoms with E-state index in [0.717, 1.165) is 31.4 Å². The number of carbonyl (C=O) groups excluding carboxylic acids is 2. The summed E-state index contributed by atoms with van der Waals surface area (Å²) in [6.07, 6.45) is 6.01. The van der Waals surface area contributed by atoms with Crippen LogP contribution in [-0.2, 0) is 18.4 Å². The number of amides is 2. The zero-order valence-electron chi connectivity index (χ0n) is 16.5. The summed E-state index contributed by atoms with van der Waals surface area (Å²) in [6, 6.07) is 11.7. The zero-order chi connectivity index (χ0) is 19.7. The number of ether oxygens (including phenoxy) is 1. The highest BCUT2D eigenvalue weighted by atomic mass is 16.5. The number of benzene rings is 1. The van der Waals surface area contributed by atoms with E-state index in [4.69, 9.17) is 4.74 Å². The molecule has 0 spiro atoms. The minimum absolute atomic E-state index is 0.0341. The number of methoxy groups -OCH3 is 1. The monoisotopic (exact) mass is 381 g/mol. The second-order valence-corrected chi connectivity index (χ2v) is 7.76. The molecule has 1 aromatic carbocycles. The summed E-state index contributed by atoms with van der Waals surface area (Å²) in [5, 5.41) is 0. The average Bonchev–Trinajstić information content (AvgIpc) is 3.63. The molecule has 2 fully saturated rings. The molecule has 1 heterocycles. The highest BCUT2D eigenvalue weighted by Gasteiger charge is 2.38. The van der Waals surface area contributed by atoms with E-state index in [1.807, 2.05) is 47.0 Å². The van der Waals surface area contributed by atoms with Gasteiger partial charge in [-0.1, -0.05) is 6.07 Å². The smallest absolute Gasteiger partial charge is 0.254 e. The van der Waals surface area contributed by atoms with Crippen LogP contribution in [0.3, 0.4) is 0 Å².